The summed E-state index contributed by atoms with van der Waals surface area (Å²) in [5, 5.41) is 7.02. The molecule has 2 amide bonds. The van der Waals surface area contributed by atoms with Gasteiger partial charge in [0.1, 0.15) is 12.0 Å². The van der Waals surface area contributed by atoms with Crippen LogP contribution in [0, 0.1) is 0 Å². The molecule has 3 rings (SSSR count). The van der Waals surface area contributed by atoms with Crippen molar-refractivity contribution >= 4 is 11.8 Å². The number of hydrogen-bond donors (Lipinski definition) is 1. The molecule has 144 valence electrons. The van der Waals surface area contributed by atoms with Gasteiger partial charge in [-0.2, -0.15) is 5.10 Å². The lowest BCUT2D eigenvalue weighted by atomic mass is 10.0. The average molecular weight is 374 g/mol. The number of rotatable bonds is 6. The first-order chi connectivity index (χ1) is 13.1. The molecule has 2 aromatic rings. The summed E-state index contributed by atoms with van der Waals surface area (Å²) in [4.78, 5) is 38.2. The van der Waals surface area contributed by atoms with Crippen LogP contribution in [0.15, 0.2) is 39.9 Å². The zero-order chi connectivity index (χ0) is 19.2. The van der Waals surface area contributed by atoms with Gasteiger partial charge < -0.3 is 19.4 Å². The van der Waals surface area contributed by atoms with Crippen molar-refractivity contribution in [2.45, 2.75) is 25.4 Å². The van der Waals surface area contributed by atoms with Crippen LogP contribution in [0.3, 0.4) is 0 Å². The van der Waals surface area contributed by atoms with Gasteiger partial charge in [0.25, 0.3) is 17.4 Å². The van der Waals surface area contributed by atoms with Gasteiger partial charge in [-0.25, -0.2) is 4.68 Å². The Morgan fingerprint density at radius 1 is 1.30 bits per heavy atom. The monoisotopic (exact) mass is 374 g/mol. The zero-order valence-corrected chi connectivity index (χ0v) is 15.1. The smallest absolute Gasteiger partial charge is 0.271 e. The largest absolute Gasteiger partial charge is 0.472 e. The number of nitrogens with zero attached hydrogens (tertiary/aromatic N) is 3. The van der Waals surface area contributed by atoms with Crippen molar-refractivity contribution in [2.24, 2.45) is 0 Å². The molecule has 0 saturated carbocycles. The number of nitrogens with one attached hydrogen (secondary N) is 1. The van der Waals surface area contributed by atoms with E-state index >= 15 is 0 Å². The molecule has 0 aromatic carbocycles. The molecule has 1 fully saturated rings. The molecule has 1 N–H and O–H groups in total. The van der Waals surface area contributed by atoms with Gasteiger partial charge in [-0.05, 0) is 25.0 Å². The molecule has 0 spiro atoms. The summed E-state index contributed by atoms with van der Waals surface area (Å²) in [6.07, 6.45) is 4.21. The average Bonchev–Trinajstić information content (AvgIpc) is 3.22. The maximum atomic E-state index is 12.4. The molecule has 27 heavy (non-hydrogen) atoms. The van der Waals surface area contributed by atoms with Gasteiger partial charge >= 0.3 is 0 Å². The van der Waals surface area contributed by atoms with E-state index in [9.17, 15) is 14.4 Å². The van der Waals surface area contributed by atoms with Crippen LogP contribution in [-0.4, -0.2) is 59.3 Å². The summed E-state index contributed by atoms with van der Waals surface area (Å²) in [6, 6.07) is 4.33. The third-order valence-electron chi connectivity index (χ3n) is 4.49. The first-order valence-electron chi connectivity index (χ1n) is 8.78. The van der Waals surface area contributed by atoms with Crippen LogP contribution in [0.2, 0.25) is 0 Å². The lowest BCUT2D eigenvalue weighted by molar-refractivity contribution is 0.0696. The number of carbonyl (C=O) groups is 2. The normalized spacial score (nSPS) is 14.9. The number of aromatic nitrogens is 2. The quantitative estimate of drug-likeness (QED) is 0.790. The number of ether oxygens (including phenoxy) is 1. The number of hydrogen-bond acceptors (Lipinski definition) is 6. The van der Waals surface area contributed by atoms with Gasteiger partial charge in [0, 0.05) is 32.3 Å². The van der Waals surface area contributed by atoms with Crippen LogP contribution in [0.1, 0.15) is 33.7 Å². The second kappa shape index (κ2) is 8.63. The molecular formula is C18H22N4O5. The van der Waals surface area contributed by atoms with Gasteiger partial charge in [0.05, 0.1) is 25.0 Å². The Bertz CT molecular complexity index is 838. The lowest BCUT2D eigenvalue weighted by Crippen LogP contribution is -2.46. The third kappa shape index (κ3) is 4.62. The van der Waals surface area contributed by atoms with E-state index in [-0.39, 0.29) is 35.7 Å². The highest BCUT2D eigenvalue weighted by Gasteiger charge is 2.25. The third-order valence-corrected chi connectivity index (χ3v) is 4.49. The van der Waals surface area contributed by atoms with Crippen LogP contribution in [-0.2, 0) is 11.3 Å². The summed E-state index contributed by atoms with van der Waals surface area (Å²) in [7, 11) is 1.53. The van der Waals surface area contributed by atoms with Crippen LogP contribution < -0.4 is 10.9 Å². The number of furan rings is 1. The van der Waals surface area contributed by atoms with E-state index in [1.54, 1.807) is 11.0 Å². The van der Waals surface area contributed by atoms with Crippen molar-refractivity contribution in [3.8, 4) is 0 Å². The van der Waals surface area contributed by atoms with E-state index in [4.69, 9.17) is 9.15 Å². The highest BCUT2D eigenvalue weighted by atomic mass is 16.5. The van der Waals surface area contributed by atoms with Crippen molar-refractivity contribution in [3.05, 3.63) is 52.3 Å². The fourth-order valence-electron chi connectivity index (χ4n) is 2.96. The second-order valence-electron chi connectivity index (χ2n) is 6.32. The van der Waals surface area contributed by atoms with E-state index in [2.05, 4.69) is 10.4 Å². The van der Waals surface area contributed by atoms with Gasteiger partial charge in [-0.1, -0.05) is 0 Å². The molecule has 0 unspecified atom stereocenters. The minimum absolute atomic E-state index is 0.0490. The molecular weight excluding hydrogens is 352 g/mol. The highest BCUT2D eigenvalue weighted by molar-refractivity contribution is 5.94. The molecule has 0 bridgehead atoms. The zero-order valence-electron chi connectivity index (χ0n) is 15.1. The predicted octanol–water partition coefficient (Wildman–Crippen LogP) is 0.517. The molecule has 3 heterocycles. The fourth-order valence-corrected chi connectivity index (χ4v) is 2.96. The standard InChI is InChI=1S/C18H22N4O5/c1-26-11-9-22-16(23)3-2-15(20-22)17(24)19-14-4-7-21(8-5-14)18(25)13-6-10-27-12-13/h2-3,6,10,12,14H,4-5,7-9,11H2,1H3,(H,19,24). The molecule has 9 nitrogen and oxygen atoms in total. The lowest BCUT2D eigenvalue weighted by Gasteiger charge is -2.32. The minimum Gasteiger partial charge on any atom is -0.472 e. The first-order valence-corrected chi connectivity index (χ1v) is 8.78. The Hall–Kier alpha value is -2.94. The Morgan fingerprint density at radius 2 is 2.07 bits per heavy atom. The molecule has 1 aliphatic heterocycles. The predicted molar refractivity (Wildman–Crippen MR) is 95.5 cm³/mol. The fraction of sp³-hybridized carbons (Fsp3) is 0.444. The SMILES string of the molecule is COCCn1nc(C(=O)NC2CCN(C(=O)c3ccoc3)CC2)ccc1=O. The summed E-state index contributed by atoms with van der Waals surface area (Å²) in [5.41, 5.74) is 0.428. The van der Waals surface area contributed by atoms with E-state index in [0.717, 1.165) is 0 Å². The van der Waals surface area contributed by atoms with Crippen molar-refractivity contribution in [2.75, 3.05) is 26.8 Å². The molecule has 9 heteroatoms. The number of piperidine rings is 1. The molecule has 0 radical (unpaired) electrons. The van der Waals surface area contributed by atoms with Gasteiger partial charge in [-0.3, -0.25) is 14.4 Å². The van der Waals surface area contributed by atoms with Gasteiger partial charge in [0.2, 0.25) is 0 Å². The van der Waals surface area contributed by atoms with Crippen LogP contribution in [0.25, 0.3) is 0 Å². The Morgan fingerprint density at radius 3 is 2.74 bits per heavy atom. The number of likely N-dealkylation sites (tertiary alicyclic amines) is 1. The molecule has 0 aliphatic carbocycles. The van der Waals surface area contributed by atoms with Gasteiger partial charge in [0.15, 0.2) is 0 Å². The van der Waals surface area contributed by atoms with Crippen molar-refractivity contribution < 1.29 is 18.7 Å². The van der Waals surface area contributed by atoms with Crippen molar-refractivity contribution in [3.63, 3.8) is 0 Å². The number of amides is 2. The summed E-state index contributed by atoms with van der Waals surface area (Å²) in [6.45, 7) is 1.72. The van der Waals surface area contributed by atoms with E-state index in [0.29, 0.717) is 38.1 Å². The first kappa shape index (κ1) is 18.8. The van der Waals surface area contributed by atoms with Crippen LogP contribution in [0.4, 0.5) is 0 Å². The second-order valence-corrected chi connectivity index (χ2v) is 6.32. The van der Waals surface area contributed by atoms with Crippen molar-refractivity contribution in [1.82, 2.24) is 20.0 Å². The van der Waals surface area contributed by atoms with E-state index < -0.39 is 0 Å². The summed E-state index contributed by atoms with van der Waals surface area (Å²) in [5.74, 6) is -0.402. The topological polar surface area (TPSA) is 107 Å². The minimum atomic E-state index is -0.333. The van der Waals surface area contributed by atoms with Crippen LogP contribution in [0.5, 0.6) is 0 Å². The van der Waals surface area contributed by atoms with E-state index in [1.807, 2.05) is 0 Å². The molecule has 0 atom stereocenters. The Balaban J connectivity index is 1.55. The van der Waals surface area contributed by atoms with Crippen LogP contribution >= 0.6 is 0 Å². The Kier molecular flexibility index (Phi) is 6.02. The molecule has 2 aromatic heterocycles. The Labute approximate surface area is 155 Å². The number of carbonyl (C=O) groups excluding carboxylic acids is 2. The molecule has 1 aliphatic rings. The van der Waals surface area contributed by atoms with Gasteiger partial charge in [-0.15, -0.1) is 0 Å². The highest BCUT2D eigenvalue weighted by Crippen LogP contribution is 2.14. The number of methoxy groups -OCH3 is 1. The maximum absolute atomic E-state index is 12.4. The summed E-state index contributed by atoms with van der Waals surface area (Å²) >= 11 is 0. The van der Waals surface area contributed by atoms with E-state index in [1.165, 1.54) is 36.5 Å². The van der Waals surface area contributed by atoms with Crippen molar-refractivity contribution in [1.29, 1.82) is 0 Å². The maximum Gasteiger partial charge on any atom is 0.271 e. The molecule has 1 saturated heterocycles. The summed E-state index contributed by atoms with van der Waals surface area (Å²) < 4.78 is 11.1.